The van der Waals surface area contributed by atoms with Gasteiger partial charge in [-0.1, -0.05) is 68.4 Å². The number of carbonyl (C=O) groups excluding carboxylic acids is 2. The van der Waals surface area contributed by atoms with Gasteiger partial charge in [0.15, 0.2) is 0 Å². The summed E-state index contributed by atoms with van der Waals surface area (Å²) in [6, 6.07) is 6.01. The van der Waals surface area contributed by atoms with Crippen LogP contribution in [0.1, 0.15) is 81.5 Å². The Hall–Kier alpha value is -2.62. The fourth-order valence-corrected chi connectivity index (χ4v) is 2.68. The monoisotopic (exact) mass is 398 g/mol. The minimum Gasteiger partial charge on any atom is -0.507 e. The molecule has 1 N–H and O–H groups in total. The molecule has 0 radical (unpaired) electrons. The van der Waals surface area contributed by atoms with Crippen molar-refractivity contribution in [3.8, 4) is 5.75 Å². The fraction of sp³-hybridized carbons (Fsp3) is 0.440. The Balaban J connectivity index is 2.04. The first-order chi connectivity index (χ1) is 14.1. The molecule has 0 aliphatic rings. The number of hydrogen-bond acceptors (Lipinski definition) is 4. The first-order valence-electron chi connectivity index (χ1n) is 10.6. The van der Waals surface area contributed by atoms with Gasteiger partial charge in [-0.2, -0.15) is 0 Å². The quantitative estimate of drug-likeness (QED) is 0.165. The van der Waals surface area contributed by atoms with E-state index in [9.17, 15) is 14.7 Å². The smallest absolute Gasteiger partial charge is 0.349 e. The molecule has 4 heteroatoms. The predicted octanol–water partition coefficient (Wildman–Crippen LogP) is 6.67. The number of esters is 2. The molecule has 0 bridgehead atoms. The Kier molecular flexibility index (Phi) is 13.8. The van der Waals surface area contributed by atoms with Crippen molar-refractivity contribution in [2.45, 2.75) is 71.1 Å². The number of carbonyl (C=O) groups is 2. The van der Waals surface area contributed by atoms with Gasteiger partial charge < -0.3 is 9.84 Å². The summed E-state index contributed by atoms with van der Waals surface area (Å²) in [5.74, 6) is -1.56. The molecule has 0 fully saturated rings. The zero-order chi connectivity index (χ0) is 21.2. The molecule has 29 heavy (non-hydrogen) atoms. The summed E-state index contributed by atoms with van der Waals surface area (Å²) in [6.07, 6.45) is 22.6. The molecular formula is C25H34O4. The Bertz CT molecular complexity index is 686. The van der Waals surface area contributed by atoms with Crippen molar-refractivity contribution in [2.75, 3.05) is 0 Å². The van der Waals surface area contributed by atoms with Gasteiger partial charge in [-0.25, -0.2) is 4.79 Å². The van der Waals surface area contributed by atoms with Crippen molar-refractivity contribution in [1.82, 2.24) is 0 Å². The zero-order valence-corrected chi connectivity index (χ0v) is 17.5. The fourth-order valence-electron chi connectivity index (χ4n) is 2.68. The van der Waals surface area contributed by atoms with E-state index < -0.39 is 11.9 Å². The van der Waals surface area contributed by atoms with Crippen LogP contribution < -0.4 is 0 Å². The summed E-state index contributed by atoms with van der Waals surface area (Å²) in [6.45, 7) is 2.22. The summed E-state index contributed by atoms with van der Waals surface area (Å²) < 4.78 is 4.77. The molecule has 0 heterocycles. The molecule has 0 aromatic heterocycles. The molecule has 0 amide bonds. The van der Waals surface area contributed by atoms with Crippen molar-refractivity contribution in [1.29, 1.82) is 0 Å². The van der Waals surface area contributed by atoms with E-state index in [0.29, 0.717) is 6.42 Å². The molecule has 4 nitrogen and oxygen atoms in total. The van der Waals surface area contributed by atoms with E-state index in [0.717, 1.165) is 25.7 Å². The molecule has 1 aromatic carbocycles. The third-order valence-electron chi connectivity index (χ3n) is 4.35. The second-order valence-electron chi connectivity index (χ2n) is 6.91. The number of aromatic hydroxyl groups is 1. The molecule has 0 saturated carbocycles. The third-order valence-corrected chi connectivity index (χ3v) is 4.35. The summed E-state index contributed by atoms with van der Waals surface area (Å²) in [5, 5.41) is 9.58. The van der Waals surface area contributed by atoms with E-state index >= 15 is 0 Å². The van der Waals surface area contributed by atoms with Crippen LogP contribution in [-0.4, -0.2) is 17.0 Å². The van der Waals surface area contributed by atoms with E-state index in [2.05, 4.69) is 43.4 Å². The SMILES string of the molecule is CCCCC/C=C\C/C=C\C/C=C\CCCCC(=O)OC(=O)c1ccccc1O. The molecule has 0 unspecified atom stereocenters. The number of para-hydroxylation sites is 1. The Morgan fingerprint density at radius 1 is 0.862 bits per heavy atom. The normalized spacial score (nSPS) is 11.6. The van der Waals surface area contributed by atoms with Crippen molar-refractivity contribution < 1.29 is 19.4 Å². The van der Waals surface area contributed by atoms with Crippen molar-refractivity contribution in [3.63, 3.8) is 0 Å². The lowest BCUT2D eigenvalue weighted by atomic mass is 10.1. The number of phenolic OH excluding ortho intramolecular Hbond substituents is 1. The van der Waals surface area contributed by atoms with Crippen LogP contribution in [0, 0.1) is 0 Å². The number of phenols is 1. The first kappa shape index (κ1) is 24.4. The number of unbranched alkanes of at least 4 members (excludes halogenated alkanes) is 5. The van der Waals surface area contributed by atoms with Gasteiger partial charge in [0.1, 0.15) is 11.3 Å². The molecular weight excluding hydrogens is 364 g/mol. The lowest BCUT2D eigenvalue weighted by Gasteiger charge is -2.04. The number of hydrogen-bond donors (Lipinski definition) is 1. The maximum absolute atomic E-state index is 11.8. The van der Waals surface area contributed by atoms with Crippen molar-refractivity contribution >= 4 is 11.9 Å². The lowest BCUT2D eigenvalue weighted by molar-refractivity contribution is -0.138. The second-order valence-corrected chi connectivity index (χ2v) is 6.91. The van der Waals surface area contributed by atoms with Crippen molar-refractivity contribution in [2.24, 2.45) is 0 Å². The Labute approximate surface area is 175 Å². The van der Waals surface area contributed by atoms with Crippen LogP contribution in [-0.2, 0) is 9.53 Å². The highest BCUT2D eigenvalue weighted by atomic mass is 16.6. The van der Waals surface area contributed by atoms with Gasteiger partial charge in [-0.05, 0) is 57.1 Å². The van der Waals surface area contributed by atoms with E-state index in [-0.39, 0.29) is 17.7 Å². The van der Waals surface area contributed by atoms with Crippen LogP contribution in [0.5, 0.6) is 5.75 Å². The molecule has 158 valence electrons. The first-order valence-corrected chi connectivity index (χ1v) is 10.6. The highest BCUT2D eigenvalue weighted by Crippen LogP contribution is 2.17. The Morgan fingerprint density at radius 3 is 2.07 bits per heavy atom. The summed E-state index contributed by atoms with van der Waals surface area (Å²) in [5.41, 5.74) is 0.00354. The summed E-state index contributed by atoms with van der Waals surface area (Å²) in [7, 11) is 0. The van der Waals surface area contributed by atoms with E-state index in [1.54, 1.807) is 12.1 Å². The van der Waals surface area contributed by atoms with Crippen LogP contribution in [0.15, 0.2) is 60.7 Å². The largest absolute Gasteiger partial charge is 0.507 e. The molecule has 1 rings (SSSR count). The highest BCUT2D eigenvalue weighted by Gasteiger charge is 2.15. The standard InChI is InChI=1S/C25H34O4/c1-2-3-4-5-6-7-8-9-10-11-12-13-14-15-16-21-24(27)29-25(28)22-19-17-18-20-23(22)26/h6-7,9-10,12-13,17-20,26H,2-5,8,11,14-16,21H2,1H3/b7-6-,10-9-,13-12-. The van der Waals surface area contributed by atoms with Gasteiger partial charge in [0, 0.05) is 6.42 Å². The summed E-state index contributed by atoms with van der Waals surface area (Å²) in [4.78, 5) is 23.5. The van der Waals surface area contributed by atoms with Gasteiger partial charge in [-0.15, -0.1) is 0 Å². The Morgan fingerprint density at radius 2 is 1.45 bits per heavy atom. The number of benzene rings is 1. The lowest BCUT2D eigenvalue weighted by Crippen LogP contribution is -2.12. The van der Waals surface area contributed by atoms with Crippen LogP contribution in [0.2, 0.25) is 0 Å². The van der Waals surface area contributed by atoms with Gasteiger partial charge in [0.05, 0.1) is 0 Å². The van der Waals surface area contributed by atoms with Crippen LogP contribution >= 0.6 is 0 Å². The number of ether oxygens (including phenoxy) is 1. The average Bonchev–Trinajstić information content (AvgIpc) is 2.71. The molecule has 1 aromatic rings. The third kappa shape index (κ3) is 12.5. The predicted molar refractivity (Wildman–Crippen MR) is 118 cm³/mol. The summed E-state index contributed by atoms with van der Waals surface area (Å²) >= 11 is 0. The topological polar surface area (TPSA) is 63.6 Å². The zero-order valence-electron chi connectivity index (χ0n) is 17.5. The van der Waals surface area contributed by atoms with Gasteiger partial charge in [0.2, 0.25) is 0 Å². The molecule has 0 aliphatic heterocycles. The van der Waals surface area contributed by atoms with Crippen molar-refractivity contribution in [3.05, 3.63) is 66.3 Å². The van der Waals surface area contributed by atoms with E-state index in [4.69, 9.17) is 4.74 Å². The minimum atomic E-state index is -0.810. The molecule has 0 saturated heterocycles. The number of allylic oxidation sites excluding steroid dienone is 6. The van der Waals surface area contributed by atoms with Crippen LogP contribution in [0.3, 0.4) is 0 Å². The second kappa shape index (κ2) is 16.3. The van der Waals surface area contributed by atoms with Crippen LogP contribution in [0.25, 0.3) is 0 Å². The van der Waals surface area contributed by atoms with Gasteiger partial charge in [0.25, 0.3) is 0 Å². The van der Waals surface area contributed by atoms with Gasteiger partial charge in [-0.3, -0.25) is 4.79 Å². The van der Waals surface area contributed by atoms with E-state index in [1.165, 1.54) is 37.8 Å². The minimum absolute atomic E-state index is 0.00354. The maximum atomic E-state index is 11.8. The van der Waals surface area contributed by atoms with E-state index in [1.807, 2.05) is 0 Å². The van der Waals surface area contributed by atoms with Gasteiger partial charge >= 0.3 is 11.9 Å². The number of rotatable bonds is 14. The molecule has 0 aliphatic carbocycles. The highest BCUT2D eigenvalue weighted by molar-refractivity contribution is 5.98. The molecule has 0 spiro atoms. The molecule has 0 atom stereocenters. The maximum Gasteiger partial charge on any atom is 0.349 e. The average molecular weight is 399 g/mol. The van der Waals surface area contributed by atoms with Crippen LogP contribution in [0.4, 0.5) is 0 Å².